The molecule has 0 aliphatic carbocycles. The molecule has 36 heavy (non-hydrogen) atoms. The molecule has 5 heteroatoms. The molecule has 0 aliphatic rings. The van der Waals surface area contributed by atoms with E-state index in [4.69, 9.17) is 11.6 Å². The maximum atomic E-state index is 13.7. The number of carbonyl (C=O) groups is 2. The average molecular weight is 497 g/mol. The van der Waals surface area contributed by atoms with Crippen molar-refractivity contribution >= 4 is 23.4 Å². The predicted octanol–water partition coefficient (Wildman–Crippen LogP) is 5.84. The van der Waals surface area contributed by atoms with Crippen molar-refractivity contribution in [1.29, 1.82) is 0 Å². The minimum atomic E-state index is -0.678. The molecule has 1 atom stereocenters. The van der Waals surface area contributed by atoms with Gasteiger partial charge in [-0.05, 0) is 34.4 Å². The third kappa shape index (κ3) is 7.30. The number of halogens is 1. The van der Waals surface area contributed by atoms with Crippen molar-refractivity contribution < 1.29 is 9.59 Å². The predicted molar refractivity (Wildman–Crippen MR) is 144 cm³/mol. The zero-order valence-corrected chi connectivity index (χ0v) is 20.8. The van der Waals surface area contributed by atoms with Gasteiger partial charge in [-0.3, -0.25) is 9.59 Å². The van der Waals surface area contributed by atoms with Crippen LogP contribution in [0, 0.1) is 0 Å². The van der Waals surface area contributed by atoms with Gasteiger partial charge >= 0.3 is 0 Å². The van der Waals surface area contributed by atoms with Gasteiger partial charge in [0.05, 0.1) is 6.42 Å². The molecule has 2 amide bonds. The molecule has 0 fully saturated rings. The Kier molecular flexibility index (Phi) is 8.90. The summed E-state index contributed by atoms with van der Waals surface area (Å²) in [5, 5.41) is 3.69. The highest BCUT2D eigenvalue weighted by Crippen LogP contribution is 2.18. The van der Waals surface area contributed by atoms with E-state index in [-0.39, 0.29) is 18.2 Å². The highest BCUT2D eigenvalue weighted by molar-refractivity contribution is 6.30. The van der Waals surface area contributed by atoms with E-state index in [0.717, 1.165) is 22.3 Å². The molecule has 0 radical (unpaired) electrons. The standard InChI is InChI=1S/C31H29ClN2O2/c32-28-18-16-27(17-19-28)23-34(30(35)21-25-12-6-2-7-13-25)29(20-24-10-4-1-5-11-24)31(36)33-22-26-14-8-3-9-15-26/h1-19,29H,20-23H2,(H,33,36). The smallest absolute Gasteiger partial charge is 0.243 e. The number of hydrogen-bond donors (Lipinski definition) is 1. The first kappa shape index (κ1) is 25.2. The van der Waals surface area contributed by atoms with Gasteiger partial charge in [-0.2, -0.15) is 0 Å². The minimum absolute atomic E-state index is 0.105. The number of rotatable bonds is 10. The van der Waals surface area contributed by atoms with Gasteiger partial charge in [0.25, 0.3) is 0 Å². The monoisotopic (exact) mass is 496 g/mol. The van der Waals surface area contributed by atoms with Gasteiger partial charge in [0.1, 0.15) is 6.04 Å². The van der Waals surface area contributed by atoms with Gasteiger partial charge in [0, 0.05) is 24.5 Å². The molecule has 4 aromatic rings. The fourth-order valence-corrected chi connectivity index (χ4v) is 4.24. The van der Waals surface area contributed by atoms with Crippen molar-refractivity contribution in [2.24, 2.45) is 0 Å². The molecule has 1 unspecified atom stereocenters. The number of carbonyl (C=O) groups excluding carboxylic acids is 2. The molecule has 0 aliphatic heterocycles. The van der Waals surface area contributed by atoms with Crippen molar-refractivity contribution in [1.82, 2.24) is 10.2 Å². The Bertz CT molecular complexity index is 1250. The fraction of sp³-hybridized carbons (Fsp3) is 0.161. The molecule has 1 N–H and O–H groups in total. The van der Waals surface area contributed by atoms with Crippen molar-refractivity contribution in [2.75, 3.05) is 0 Å². The van der Waals surface area contributed by atoms with Crippen LogP contribution in [0.25, 0.3) is 0 Å². The van der Waals surface area contributed by atoms with Crippen LogP contribution in [0.15, 0.2) is 115 Å². The second-order valence-electron chi connectivity index (χ2n) is 8.72. The van der Waals surface area contributed by atoms with Gasteiger partial charge in [0.15, 0.2) is 0 Å². The highest BCUT2D eigenvalue weighted by Gasteiger charge is 2.30. The van der Waals surface area contributed by atoms with Crippen LogP contribution in [-0.4, -0.2) is 22.8 Å². The Balaban J connectivity index is 1.63. The van der Waals surface area contributed by atoms with Gasteiger partial charge in [-0.25, -0.2) is 0 Å². The van der Waals surface area contributed by atoms with Gasteiger partial charge in [-0.15, -0.1) is 0 Å². The van der Waals surface area contributed by atoms with E-state index in [1.54, 1.807) is 17.0 Å². The van der Waals surface area contributed by atoms with E-state index in [1.807, 2.05) is 103 Å². The summed E-state index contributed by atoms with van der Waals surface area (Å²) in [6, 6.07) is 35.9. The Morgan fingerprint density at radius 1 is 0.667 bits per heavy atom. The Hall–Kier alpha value is -3.89. The molecular formula is C31H29ClN2O2. The van der Waals surface area contributed by atoms with Crippen LogP contribution < -0.4 is 5.32 Å². The first-order valence-electron chi connectivity index (χ1n) is 12.0. The number of benzene rings is 4. The molecule has 0 heterocycles. The maximum Gasteiger partial charge on any atom is 0.243 e. The minimum Gasteiger partial charge on any atom is -0.350 e. The summed E-state index contributed by atoms with van der Waals surface area (Å²) in [5.41, 5.74) is 3.82. The van der Waals surface area contributed by atoms with E-state index in [9.17, 15) is 9.59 Å². The first-order valence-corrected chi connectivity index (χ1v) is 12.4. The van der Waals surface area contributed by atoms with Crippen LogP contribution in [0.1, 0.15) is 22.3 Å². The number of amides is 2. The lowest BCUT2D eigenvalue weighted by molar-refractivity contribution is -0.140. The molecule has 0 saturated heterocycles. The van der Waals surface area contributed by atoms with E-state index in [0.29, 0.717) is 24.5 Å². The van der Waals surface area contributed by atoms with Crippen molar-refractivity contribution in [2.45, 2.75) is 32.0 Å². The number of nitrogens with zero attached hydrogens (tertiary/aromatic N) is 1. The van der Waals surface area contributed by atoms with Crippen molar-refractivity contribution in [3.05, 3.63) is 143 Å². The zero-order valence-electron chi connectivity index (χ0n) is 20.0. The van der Waals surface area contributed by atoms with Crippen LogP contribution >= 0.6 is 11.6 Å². The Labute approximate surface area is 217 Å². The van der Waals surface area contributed by atoms with Gasteiger partial charge < -0.3 is 10.2 Å². The van der Waals surface area contributed by atoms with Gasteiger partial charge in [-0.1, -0.05) is 115 Å². The third-order valence-electron chi connectivity index (χ3n) is 6.05. The zero-order chi connectivity index (χ0) is 25.2. The Morgan fingerprint density at radius 2 is 1.19 bits per heavy atom. The number of hydrogen-bond acceptors (Lipinski definition) is 2. The van der Waals surface area contributed by atoms with Crippen LogP contribution in [0.4, 0.5) is 0 Å². The highest BCUT2D eigenvalue weighted by atomic mass is 35.5. The molecule has 0 saturated carbocycles. The van der Waals surface area contributed by atoms with E-state index in [1.165, 1.54) is 0 Å². The molecule has 0 aromatic heterocycles. The summed E-state index contributed by atoms with van der Waals surface area (Å²) in [6.07, 6.45) is 0.626. The molecule has 4 aromatic carbocycles. The lowest BCUT2D eigenvalue weighted by Gasteiger charge is -2.32. The molecule has 4 nitrogen and oxygen atoms in total. The summed E-state index contributed by atoms with van der Waals surface area (Å²) in [4.78, 5) is 29.0. The molecule has 0 spiro atoms. The lowest BCUT2D eigenvalue weighted by Crippen LogP contribution is -2.50. The largest absolute Gasteiger partial charge is 0.350 e. The van der Waals surface area contributed by atoms with Crippen LogP contribution in [0.3, 0.4) is 0 Å². The molecule has 4 rings (SSSR count). The topological polar surface area (TPSA) is 49.4 Å². The first-order chi connectivity index (χ1) is 17.6. The average Bonchev–Trinajstić information content (AvgIpc) is 2.92. The van der Waals surface area contributed by atoms with Crippen molar-refractivity contribution in [3.63, 3.8) is 0 Å². The summed E-state index contributed by atoms with van der Waals surface area (Å²) in [5.74, 6) is -0.287. The lowest BCUT2D eigenvalue weighted by atomic mass is 10.0. The van der Waals surface area contributed by atoms with Gasteiger partial charge in [0.2, 0.25) is 11.8 Å². The van der Waals surface area contributed by atoms with E-state index >= 15 is 0 Å². The van der Waals surface area contributed by atoms with Crippen LogP contribution in [0.2, 0.25) is 5.02 Å². The summed E-state index contributed by atoms with van der Waals surface area (Å²) in [7, 11) is 0. The Morgan fingerprint density at radius 3 is 1.78 bits per heavy atom. The van der Waals surface area contributed by atoms with Crippen molar-refractivity contribution in [3.8, 4) is 0 Å². The van der Waals surface area contributed by atoms with Crippen LogP contribution in [-0.2, 0) is 35.5 Å². The van der Waals surface area contributed by atoms with Crippen LogP contribution in [0.5, 0.6) is 0 Å². The summed E-state index contributed by atoms with van der Waals surface area (Å²) >= 11 is 6.09. The van der Waals surface area contributed by atoms with E-state index < -0.39 is 6.04 Å². The molecule has 0 bridgehead atoms. The summed E-state index contributed by atoms with van der Waals surface area (Å²) < 4.78 is 0. The quantitative estimate of drug-likeness (QED) is 0.300. The second kappa shape index (κ2) is 12.7. The molecule has 182 valence electrons. The maximum absolute atomic E-state index is 13.7. The SMILES string of the molecule is O=C(NCc1ccccc1)C(Cc1ccccc1)N(Cc1ccc(Cl)cc1)C(=O)Cc1ccccc1. The summed E-state index contributed by atoms with van der Waals surface area (Å²) in [6.45, 7) is 0.700. The fourth-order valence-electron chi connectivity index (χ4n) is 4.12. The molecular weight excluding hydrogens is 468 g/mol. The third-order valence-corrected chi connectivity index (χ3v) is 6.30. The second-order valence-corrected chi connectivity index (χ2v) is 9.16. The normalized spacial score (nSPS) is 11.5. The van der Waals surface area contributed by atoms with E-state index in [2.05, 4.69) is 5.32 Å². The number of nitrogens with one attached hydrogen (secondary N) is 1.